The largest absolute Gasteiger partial charge is 1.00 e. The molecule has 2 aromatic rings. The van der Waals surface area contributed by atoms with Gasteiger partial charge in [0.2, 0.25) is 0 Å². The number of Topliss-reactive ketones (excluding diaryl/α,β-unsaturated/α-hetero) is 1. The molecule has 0 radical (unpaired) electrons. The van der Waals surface area contributed by atoms with Crippen molar-refractivity contribution in [3.63, 3.8) is 0 Å². The number of ether oxygens (including phenoxy) is 1. The maximum absolute atomic E-state index is 12.8. The van der Waals surface area contributed by atoms with E-state index in [4.69, 9.17) is 16.3 Å². The molecule has 0 aliphatic carbocycles. The summed E-state index contributed by atoms with van der Waals surface area (Å²) < 4.78 is 5.03. The van der Waals surface area contributed by atoms with E-state index in [0.717, 1.165) is 5.56 Å². The number of thiol groups is 1. The van der Waals surface area contributed by atoms with Gasteiger partial charge >= 0.3 is 18.9 Å². The fourth-order valence-corrected chi connectivity index (χ4v) is 2.52. The third-order valence-corrected chi connectivity index (χ3v) is 3.82. The molecule has 0 heterocycles. The van der Waals surface area contributed by atoms with Gasteiger partial charge in [0.1, 0.15) is 0 Å². The first-order chi connectivity index (χ1) is 11.0. The van der Waals surface area contributed by atoms with Crippen LogP contribution in [0.3, 0.4) is 0 Å². The molecule has 0 bridgehead atoms. The molecule has 0 amide bonds. The molecule has 0 aliphatic rings. The fraction of sp³-hybridized carbons (Fsp3) is 0.167. The van der Waals surface area contributed by atoms with Crippen LogP contribution in [0.25, 0.3) is 0 Å². The minimum Gasteiger partial charge on any atom is -0.613 e. The second kappa shape index (κ2) is 9.86. The smallest absolute Gasteiger partial charge is 0.613 e. The van der Waals surface area contributed by atoms with Gasteiger partial charge in [-0.15, -0.1) is 12.6 Å². The van der Waals surface area contributed by atoms with Gasteiger partial charge in [0.15, 0.2) is 5.78 Å². The zero-order chi connectivity index (χ0) is 16.8. The zero-order valence-corrected chi connectivity index (χ0v) is 15.2. The first-order valence-electron chi connectivity index (χ1n) is 7.13. The number of carbonyl (C=O) groups is 1. The SMILES string of the molecule is CCOC([O-])=C(Cc1ccccc1)C(=O)c1cc(S)ccc1Cl.[Li+]. The van der Waals surface area contributed by atoms with Crippen LogP contribution >= 0.6 is 24.2 Å². The van der Waals surface area contributed by atoms with Crippen LogP contribution in [0.5, 0.6) is 0 Å². The van der Waals surface area contributed by atoms with E-state index in [1.54, 1.807) is 25.1 Å². The number of benzene rings is 2. The molecular formula is C18H16ClLiO3S. The maximum atomic E-state index is 12.8. The maximum Gasteiger partial charge on any atom is 1.00 e. The van der Waals surface area contributed by atoms with Gasteiger partial charge in [0.25, 0.3) is 0 Å². The van der Waals surface area contributed by atoms with E-state index < -0.39 is 11.7 Å². The van der Waals surface area contributed by atoms with Gasteiger partial charge in [-0.2, -0.15) is 0 Å². The molecule has 0 atom stereocenters. The van der Waals surface area contributed by atoms with E-state index in [1.807, 2.05) is 30.3 Å². The van der Waals surface area contributed by atoms with Gasteiger partial charge in [-0.05, 0) is 30.4 Å². The summed E-state index contributed by atoms with van der Waals surface area (Å²) in [6.07, 6.45) is 0.186. The van der Waals surface area contributed by atoms with Gasteiger partial charge in [-0.25, -0.2) is 0 Å². The van der Waals surface area contributed by atoms with Crippen LogP contribution in [-0.4, -0.2) is 12.4 Å². The topological polar surface area (TPSA) is 49.4 Å². The Bertz CT molecular complexity index is 732. The van der Waals surface area contributed by atoms with E-state index in [0.29, 0.717) is 4.90 Å². The van der Waals surface area contributed by atoms with Crippen molar-refractivity contribution in [2.45, 2.75) is 18.2 Å². The number of allylic oxidation sites excluding steroid dienone is 1. The second-order valence-corrected chi connectivity index (χ2v) is 5.78. The Labute approximate surface area is 164 Å². The number of halogens is 1. The predicted molar refractivity (Wildman–Crippen MR) is 91.8 cm³/mol. The van der Waals surface area contributed by atoms with Gasteiger partial charge in [0, 0.05) is 22.5 Å². The summed E-state index contributed by atoms with van der Waals surface area (Å²) in [4.78, 5) is 13.4. The summed E-state index contributed by atoms with van der Waals surface area (Å²) in [7, 11) is 0. The molecule has 0 aromatic heterocycles. The minimum atomic E-state index is -0.623. The molecule has 0 fully saturated rings. The summed E-state index contributed by atoms with van der Waals surface area (Å²) in [6.45, 7) is 1.90. The van der Waals surface area contributed by atoms with Crippen molar-refractivity contribution in [1.82, 2.24) is 0 Å². The van der Waals surface area contributed by atoms with Crippen LogP contribution in [0.4, 0.5) is 0 Å². The average Bonchev–Trinajstić information content (AvgIpc) is 2.55. The van der Waals surface area contributed by atoms with Crippen molar-refractivity contribution in [2.75, 3.05) is 6.61 Å². The molecule has 0 saturated carbocycles. The van der Waals surface area contributed by atoms with Crippen molar-refractivity contribution in [3.05, 3.63) is 76.2 Å². The summed E-state index contributed by atoms with van der Waals surface area (Å²) >= 11 is 10.3. The Morgan fingerprint density at radius 1 is 1.21 bits per heavy atom. The number of hydrogen-bond donors (Lipinski definition) is 1. The van der Waals surface area contributed by atoms with Crippen molar-refractivity contribution in [1.29, 1.82) is 0 Å². The molecule has 2 aromatic carbocycles. The molecule has 6 heteroatoms. The van der Waals surface area contributed by atoms with Crippen molar-refractivity contribution >= 4 is 30.0 Å². The molecule has 0 N–H and O–H groups in total. The van der Waals surface area contributed by atoms with Gasteiger partial charge in [-0.1, -0.05) is 48.9 Å². The molecule has 2 rings (SSSR count). The van der Waals surface area contributed by atoms with Crippen molar-refractivity contribution in [2.24, 2.45) is 0 Å². The van der Waals surface area contributed by atoms with E-state index in [-0.39, 0.29) is 48.0 Å². The quantitative estimate of drug-likeness (QED) is 0.273. The van der Waals surface area contributed by atoms with Crippen LogP contribution in [0.15, 0.2) is 64.9 Å². The van der Waals surface area contributed by atoms with Gasteiger partial charge in [-0.3, -0.25) is 4.79 Å². The monoisotopic (exact) mass is 354 g/mol. The third kappa shape index (κ3) is 5.36. The Morgan fingerprint density at radius 2 is 1.88 bits per heavy atom. The van der Waals surface area contributed by atoms with Crippen LogP contribution in [-0.2, 0) is 11.2 Å². The molecule has 0 aliphatic heterocycles. The molecule has 120 valence electrons. The Hall–Kier alpha value is -1.31. The van der Waals surface area contributed by atoms with Gasteiger partial charge < -0.3 is 9.84 Å². The molecular weight excluding hydrogens is 339 g/mol. The van der Waals surface area contributed by atoms with Gasteiger partial charge in [0.05, 0.1) is 11.0 Å². The summed E-state index contributed by atoms with van der Waals surface area (Å²) in [5.41, 5.74) is 1.15. The minimum absolute atomic E-state index is 0. The van der Waals surface area contributed by atoms with E-state index in [9.17, 15) is 9.90 Å². The van der Waals surface area contributed by atoms with Crippen LogP contribution in [0.2, 0.25) is 5.02 Å². The van der Waals surface area contributed by atoms with Crippen molar-refractivity contribution in [3.8, 4) is 0 Å². The van der Waals surface area contributed by atoms with E-state index in [1.165, 1.54) is 0 Å². The second-order valence-electron chi connectivity index (χ2n) is 4.85. The Balaban J connectivity index is 0.00000288. The molecule has 0 spiro atoms. The fourth-order valence-electron chi connectivity index (χ4n) is 2.11. The van der Waals surface area contributed by atoms with Crippen LogP contribution < -0.4 is 24.0 Å². The first-order valence-corrected chi connectivity index (χ1v) is 7.95. The Morgan fingerprint density at radius 3 is 2.50 bits per heavy atom. The molecule has 24 heavy (non-hydrogen) atoms. The number of rotatable bonds is 6. The van der Waals surface area contributed by atoms with E-state index in [2.05, 4.69) is 12.6 Å². The standard InChI is InChI=1S/C18H17ClO3S.Li/c1-2-22-18(21)15(10-12-6-4-3-5-7-12)17(20)14-11-13(23)8-9-16(14)19;/h3-9,11,21,23H,2,10H2,1H3;/q;+1/p-1. The van der Waals surface area contributed by atoms with E-state index >= 15 is 0 Å². The zero-order valence-electron chi connectivity index (χ0n) is 13.6. The number of carbonyl (C=O) groups excluding carboxylic acids is 1. The average molecular weight is 355 g/mol. The molecule has 0 unspecified atom stereocenters. The van der Waals surface area contributed by atoms with Crippen molar-refractivity contribution < 1.29 is 33.5 Å². The molecule has 3 nitrogen and oxygen atoms in total. The normalized spacial score (nSPS) is 11.3. The first kappa shape index (κ1) is 20.7. The number of hydrogen-bond acceptors (Lipinski definition) is 4. The van der Waals surface area contributed by atoms with Crippen LogP contribution in [0, 0.1) is 0 Å². The van der Waals surface area contributed by atoms with Crippen LogP contribution in [0.1, 0.15) is 22.8 Å². The Kier molecular flexibility index (Phi) is 8.51. The predicted octanol–water partition coefficient (Wildman–Crippen LogP) is 0.667. The molecule has 0 saturated heterocycles. The summed E-state index contributed by atoms with van der Waals surface area (Å²) in [6, 6.07) is 14.1. The number of ketones is 1. The third-order valence-electron chi connectivity index (χ3n) is 3.21. The summed E-state index contributed by atoms with van der Waals surface area (Å²) in [5, 5.41) is 12.5. The summed E-state index contributed by atoms with van der Waals surface area (Å²) in [5.74, 6) is -1.06.